The molecule has 0 aliphatic carbocycles. The molecule has 20 heavy (non-hydrogen) atoms. The van der Waals surface area contributed by atoms with E-state index in [1.54, 1.807) is 12.4 Å². The monoisotopic (exact) mass is 281 g/mol. The van der Waals surface area contributed by atoms with Crippen molar-refractivity contribution in [2.75, 3.05) is 6.61 Å². The first-order valence-corrected chi connectivity index (χ1v) is 7.17. The molecule has 4 heteroatoms. The third kappa shape index (κ3) is 4.76. The van der Waals surface area contributed by atoms with Crippen LogP contribution in [0.1, 0.15) is 53.2 Å². The van der Waals surface area contributed by atoms with E-state index in [1.807, 2.05) is 26.8 Å². The number of aliphatic hydroxyl groups excluding tert-OH is 1. The highest BCUT2D eigenvalue weighted by Crippen LogP contribution is 2.33. The average Bonchev–Trinajstić information content (AvgIpc) is 2.33. The molecule has 0 aromatic carbocycles. The normalized spacial score (nSPS) is 15.2. The maximum absolute atomic E-state index is 10.6. The number of hydrogen-bond donors (Lipinski definition) is 1. The standard InChI is InChI=1S/C16H27NO3/c1-7-19-15(16(4,5)6)14(18)12-8-13(10-17-9-12)20-11(2)3/h8-11,14-15,18H,7H2,1-6H3. The zero-order valence-electron chi connectivity index (χ0n) is 13.4. The molecule has 0 amide bonds. The first-order chi connectivity index (χ1) is 9.25. The lowest BCUT2D eigenvalue weighted by Crippen LogP contribution is -2.35. The highest BCUT2D eigenvalue weighted by Gasteiger charge is 2.33. The average molecular weight is 281 g/mol. The van der Waals surface area contributed by atoms with Crippen LogP contribution in [0, 0.1) is 5.41 Å². The van der Waals surface area contributed by atoms with Crippen molar-refractivity contribution in [2.24, 2.45) is 5.41 Å². The van der Waals surface area contributed by atoms with Crippen molar-refractivity contribution in [3.8, 4) is 5.75 Å². The molecule has 114 valence electrons. The van der Waals surface area contributed by atoms with Gasteiger partial charge in [0.25, 0.3) is 0 Å². The molecule has 0 radical (unpaired) electrons. The van der Waals surface area contributed by atoms with Gasteiger partial charge in [0, 0.05) is 18.4 Å². The second-order valence-electron chi connectivity index (χ2n) is 6.31. The summed E-state index contributed by atoms with van der Waals surface area (Å²) in [6, 6.07) is 1.83. The number of hydrogen-bond acceptors (Lipinski definition) is 4. The van der Waals surface area contributed by atoms with Gasteiger partial charge in [-0.25, -0.2) is 0 Å². The molecule has 1 aromatic rings. The Morgan fingerprint density at radius 3 is 2.40 bits per heavy atom. The quantitative estimate of drug-likeness (QED) is 0.868. The third-order valence-electron chi connectivity index (χ3n) is 2.93. The fourth-order valence-corrected chi connectivity index (χ4v) is 2.10. The van der Waals surface area contributed by atoms with Gasteiger partial charge in [0.1, 0.15) is 11.9 Å². The molecular formula is C16H27NO3. The minimum absolute atomic E-state index is 0.0782. The zero-order valence-corrected chi connectivity index (χ0v) is 13.4. The summed E-state index contributed by atoms with van der Waals surface area (Å²) in [6.07, 6.45) is 2.38. The molecule has 4 nitrogen and oxygen atoms in total. The predicted octanol–water partition coefficient (Wildman–Crippen LogP) is 3.35. The number of aromatic nitrogens is 1. The molecule has 2 atom stereocenters. The first-order valence-electron chi connectivity index (χ1n) is 7.17. The number of pyridine rings is 1. The van der Waals surface area contributed by atoms with E-state index in [2.05, 4.69) is 25.8 Å². The molecule has 1 heterocycles. The maximum atomic E-state index is 10.6. The summed E-state index contributed by atoms with van der Waals surface area (Å²) in [5, 5.41) is 10.6. The first kappa shape index (κ1) is 16.9. The van der Waals surface area contributed by atoms with Gasteiger partial charge in [0.2, 0.25) is 0 Å². The smallest absolute Gasteiger partial charge is 0.138 e. The molecule has 0 bridgehead atoms. The molecule has 1 rings (SSSR count). The van der Waals surface area contributed by atoms with Crippen LogP contribution in [0.25, 0.3) is 0 Å². The van der Waals surface area contributed by atoms with Gasteiger partial charge < -0.3 is 14.6 Å². The molecule has 1 aromatic heterocycles. The van der Waals surface area contributed by atoms with Crippen LogP contribution in [0.15, 0.2) is 18.5 Å². The van der Waals surface area contributed by atoms with Gasteiger partial charge in [-0.1, -0.05) is 20.8 Å². The van der Waals surface area contributed by atoms with Crippen molar-refractivity contribution in [3.05, 3.63) is 24.0 Å². The Kier molecular flexibility index (Phi) is 5.96. The van der Waals surface area contributed by atoms with Gasteiger partial charge in [-0.15, -0.1) is 0 Å². The summed E-state index contributed by atoms with van der Waals surface area (Å²) in [4.78, 5) is 4.14. The topological polar surface area (TPSA) is 51.6 Å². The largest absolute Gasteiger partial charge is 0.489 e. The zero-order chi connectivity index (χ0) is 15.3. The second kappa shape index (κ2) is 7.04. The fourth-order valence-electron chi connectivity index (χ4n) is 2.10. The van der Waals surface area contributed by atoms with Crippen LogP contribution in [0.2, 0.25) is 0 Å². The Morgan fingerprint density at radius 2 is 1.90 bits per heavy atom. The van der Waals surface area contributed by atoms with Crippen molar-refractivity contribution in [1.29, 1.82) is 0 Å². The molecule has 2 unspecified atom stereocenters. The molecule has 0 aliphatic heterocycles. The lowest BCUT2D eigenvalue weighted by atomic mass is 9.83. The Morgan fingerprint density at radius 1 is 1.25 bits per heavy atom. The van der Waals surface area contributed by atoms with E-state index in [0.29, 0.717) is 12.4 Å². The van der Waals surface area contributed by atoms with Crippen LogP contribution < -0.4 is 4.74 Å². The van der Waals surface area contributed by atoms with Crippen molar-refractivity contribution in [3.63, 3.8) is 0 Å². The second-order valence-corrected chi connectivity index (χ2v) is 6.31. The summed E-state index contributed by atoms with van der Waals surface area (Å²) in [7, 11) is 0. The Balaban J connectivity index is 2.96. The number of ether oxygens (including phenoxy) is 2. The van der Waals surface area contributed by atoms with E-state index in [1.165, 1.54) is 0 Å². The highest BCUT2D eigenvalue weighted by atomic mass is 16.5. The van der Waals surface area contributed by atoms with Crippen LogP contribution in [-0.2, 0) is 4.74 Å². The number of rotatable bonds is 6. The van der Waals surface area contributed by atoms with Crippen LogP contribution in [-0.4, -0.2) is 28.9 Å². The van der Waals surface area contributed by atoms with Crippen molar-refractivity contribution in [2.45, 2.75) is 59.9 Å². The van der Waals surface area contributed by atoms with Gasteiger partial charge in [-0.2, -0.15) is 0 Å². The minimum atomic E-state index is -0.724. The molecule has 1 N–H and O–H groups in total. The van der Waals surface area contributed by atoms with Crippen molar-refractivity contribution < 1.29 is 14.6 Å². The van der Waals surface area contributed by atoms with E-state index >= 15 is 0 Å². The van der Waals surface area contributed by atoms with Crippen LogP contribution in [0.5, 0.6) is 5.75 Å². The lowest BCUT2D eigenvalue weighted by molar-refractivity contribution is -0.0900. The molecule has 0 saturated carbocycles. The van der Waals surface area contributed by atoms with E-state index in [9.17, 15) is 5.11 Å². The predicted molar refractivity (Wildman–Crippen MR) is 79.8 cm³/mol. The molecule has 0 aliphatic rings. The van der Waals surface area contributed by atoms with Crippen LogP contribution in [0.3, 0.4) is 0 Å². The van der Waals surface area contributed by atoms with Crippen LogP contribution >= 0.6 is 0 Å². The fraction of sp³-hybridized carbons (Fsp3) is 0.688. The summed E-state index contributed by atoms with van der Waals surface area (Å²) >= 11 is 0. The van der Waals surface area contributed by atoms with Crippen molar-refractivity contribution >= 4 is 0 Å². The van der Waals surface area contributed by atoms with E-state index in [0.717, 1.165) is 5.56 Å². The number of nitrogens with zero attached hydrogens (tertiary/aromatic N) is 1. The Bertz CT molecular complexity index is 412. The summed E-state index contributed by atoms with van der Waals surface area (Å²) in [5.41, 5.74) is 0.557. The van der Waals surface area contributed by atoms with Gasteiger partial charge in [0.05, 0.1) is 18.4 Å². The van der Waals surface area contributed by atoms with Gasteiger partial charge in [0.15, 0.2) is 0 Å². The van der Waals surface area contributed by atoms with Crippen LogP contribution in [0.4, 0.5) is 0 Å². The van der Waals surface area contributed by atoms with E-state index in [-0.39, 0.29) is 17.6 Å². The van der Waals surface area contributed by atoms with Crippen molar-refractivity contribution in [1.82, 2.24) is 4.98 Å². The number of aliphatic hydroxyl groups is 1. The minimum Gasteiger partial charge on any atom is -0.489 e. The molecular weight excluding hydrogens is 254 g/mol. The Labute approximate surface area is 122 Å². The third-order valence-corrected chi connectivity index (χ3v) is 2.93. The molecule has 0 fully saturated rings. The van der Waals surface area contributed by atoms with E-state index in [4.69, 9.17) is 9.47 Å². The van der Waals surface area contributed by atoms with E-state index < -0.39 is 6.10 Å². The maximum Gasteiger partial charge on any atom is 0.138 e. The molecule has 0 saturated heterocycles. The molecule has 0 spiro atoms. The summed E-state index contributed by atoms with van der Waals surface area (Å²) in [5.74, 6) is 0.667. The lowest BCUT2D eigenvalue weighted by Gasteiger charge is -2.34. The SMILES string of the molecule is CCOC(C(O)c1cncc(OC(C)C)c1)C(C)(C)C. The van der Waals surface area contributed by atoms with Gasteiger partial charge in [-0.3, -0.25) is 4.98 Å². The highest BCUT2D eigenvalue weighted by molar-refractivity contribution is 5.26. The van der Waals surface area contributed by atoms with Gasteiger partial charge in [-0.05, 0) is 32.3 Å². The Hall–Kier alpha value is -1.13. The summed E-state index contributed by atoms with van der Waals surface area (Å²) < 4.78 is 11.3. The summed E-state index contributed by atoms with van der Waals surface area (Å²) in [6.45, 7) is 12.6. The van der Waals surface area contributed by atoms with Gasteiger partial charge >= 0.3 is 0 Å².